The van der Waals surface area contributed by atoms with Crippen LogP contribution in [0.4, 0.5) is 0 Å². The highest BCUT2D eigenvalue weighted by Crippen LogP contribution is 2.26. The van der Waals surface area contributed by atoms with Crippen LogP contribution < -0.4 is 5.48 Å². The molecule has 0 atom stereocenters. The van der Waals surface area contributed by atoms with Crippen molar-refractivity contribution in [2.75, 3.05) is 0 Å². The summed E-state index contributed by atoms with van der Waals surface area (Å²) >= 11 is 0. The minimum absolute atomic E-state index is 0.0400. The van der Waals surface area contributed by atoms with Crippen molar-refractivity contribution < 1.29 is 9.63 Å². The molecule has 0 rings (SSSR count). The molecule has 0 aromatic rings. The van der Waals surface area contributed by atoms with Crippen LogP contribution in [0.1, 0.15) is 72.6 Å². The molecule has 0 aliphatic rings. The van der Waals surface area contributed by atoms with Gasteiger partial charge < -0.3 is 0 Å². The number of nitrogens with one attached hydrogen (secondary N) is 1. The van der Waals surface area contributed by atoms with E-state index in [1.165, 1.54) is 19.3 Å². The fourth-order valence-electron chi connectivity index (χ4n) is 1.73. The summed E-state index contributed by atoms with van der Waals surface area (Å²) < 4.78 is 0. The average Bonchev–Trinajstić information content (AvgIpc) is 2.33. The van der Waals surface area contributed by atoms with Gasteiger partial charge in [0, 0.05) is 6.42 Å². The number of carbonyl (C=O) groups is 1. The summed E-state index contributed by atoms with van der Waals surface area (Å²) in [6.45, 7) is 8.26. The van der Waals surface area contributed by atoms with Crippen LogP contribution >= 0.6 is 0 Å². The molecular weight excluding hydrogens is 202 g/mol. The molecule has 3 nitrogen and oxygen atoms in total. The number of unbranched alkanes of at least 4 members (excludes halogenated alkanes) is 2. The SMILES string of the molecule is CCCCCC(CC)(CC)ONC(=O)CC. The van der Waals surface area contributed by atoms with Gasteiger partial charge in [0.1, 0.15) is 0 Å². The highest BCUT2D eigenvalue weighted by atomic mass is 16.7. The summed E-state index contributed by atoms with van der Waals surface area (Å²) in [4.78, 5) is 16.8. The first kappa shape index (κ1) is 15.4. The van der Waals surface area contributed by atoms with Crippen molar-refractivity contribution in [3.05, 3.63) is 0 Å². The van der Waals surface area contributed by atoms with Gasteiger partial charge in [0.25, 0.3) is 0 Å². The second kappa shape index (κ2) is 8.57. The van der Waals surface area contributed by atoms with Crippen LogP contribution in [0.5, 0.6) is 0 Å². The van der Waals surface area contributed by atoms with Gasteiger partial charge in [0.2, 0.25) is 5.91 Å². The third-order valence-corrected chi connectivity index (χ3v) is 3.23. The quantitative estimate of drug-likeness (QED) is 0.485. The van der Waals surface area contributed by atoms with Crippen molar-refractivity contribution in [3.63, 3.8) is 0 Å². The maximum Gasteiger partial charge on any atom is 0.243 e. The lowest BCUT2D eigenvalue weighted by molar-refractivity contribution is -0.156. The van der Waals surface area contributed by atoms with E-state index in [1.807, 2.05) is 6.92 Å². The summed E-state index contributed by atoms with van der Waals surface area (Å²) in [5, 5.41) is 0. The predicted octanol–water partition coefficient (Wildman–Crippen LogP) is 3.58. The Bertz CT molecular complexity index is 188. The Hall–Kier alpha value is -0.570. The fourth-order valence-corrected chi connectivity index (χ4v) is 1.73. The van der Waals surface area contributed by atoms with Crippen LogP contribution in [0.3, 0.4) is 0 Å². The summed E-state index contributed by atoms with van der Waals surface area (Å²) in [6.07, 6.45) is 6.99. The standard InChI is InChI=1S/C13H27NO2/c1-5-9-10-11-13(7-3,8-4)16-14-12(15)6-2/h5-11H2,1-4H3,(H,14,15). The van der Waals surface area contributed by atoms with E-state index >= 15 is 0 Å². The van der Waals surface area contributed by atoms with Gasteiger partial charge in [-0.2, -0.15) is 0 Å². The van der Waals surface area contributed by atoms with E-state index in [2.05, 4.69) is 26.3 Å². The monoisotopic (exact) mass is 229 g/mol. The number of amides is 1. The largest absolute Gasteiger partial charge is 0.273 e. The highest BCUT2D eigenvalue weighted by Gasteiger charge is 2.27. The molecule has 0 saturated heterocycles. The zero-order valence-corrected chi connectivity index (χ0v) is 11.3. The molecule has 16 heavy (non-hydrogen) atoms. The van der Waals surface area contributed by atoms with Gasteiger partial charge in [-0.3, -0.25) is 9.63 Å². The van der Waals surface area contributed by atoms with Gasteiger partial charge in [-0.05, 0) is 19.3 Å². The number of hydrogen-bond donors (Lipinski definition) is 1. The third-order valence-electron chi connectivity index (χ3n) is 3.23. The van der Waals surface area contributed by atoms with Crippen LogP contribution in [-0.2, 0) is 9.63 Å². The van der Waals surface area contributed by atoms with E-state index in [0.29, 0.717) is 6.42 Å². The topological polar surface area (TPSA) is 38.3 Å². The van der Waals surface area contributed by atoms with E-state index in [-0.39, 0.29) is 11.5 Å². The van der Waals surface area contributed by atoms with Crippen molar-refractivity contribution in [2.24, 2.45) is 0 Å². The molecule has 0 fully saturated rings. The molecule has 96 valence electrons. The molecule has 0 aromatic carbocycles. The van der Waals surface area contributed by atoms with Gasteiger partial charge in [0.05, 0.1) is 5.60 Å². The Labute approximate surface area is 99.9 Å². The van der Waals surface area contributed by atoms with E-state index in [4.69, 9.17) is 4.84 Å². The summed E-state index contributed by atoms with van der Waals surface area (Å²) in [7, 11) is 0. The Morgan fingerprint density at radius 1 is 1.12 bits per heavy atom. The lowest BCUT2D eigenvalue weighted by Crippen LogP contribution is -2.39. The van der Waals surface area contributed by atoms with E-state index < -0.39 is 0 Å². The zero-order valence-electron chi connectivity index (χ0n) is 11.3. The smallest absolute Gasteiger partial charge is 0.243 e. The van der Waals surface area contributed by atoms with Crippen molar-refractivity contribution in [3.8, 4) is 0 Å². The minimum Gasteiger partial charge on any atom is -0.273 e. The first-order valence-corrected chi connectivity index (χ1v) is 6.61. The van der Waals surface area contributed by atoms with Gasteiger partial charge in [-0.1, -0.05) is 47.0 Å². The fraction of sp³-hybridized carbons (Fsp3) is 0.923. The second-order valence-electron chi connectivity index (χ2n) is 4.33. The Kier molecular flexibility index (Phi) is 8.26. The molecule has 0 spiro atoms. The molecule has 0 unspecified atom stereocenters. The number of hydrogen-bond acceptors (Lipinski definition) is 2. The molecule has 0 aliphatic carbocycles. The lowest BCUT2D eigenvalue weighted by atomic mass is 9.91. The average molecular weight is 229 g/mol. The normalized spacial score (nSPS) is 11.5. The maximum atomic E-state index is 11.2. The zero-order chi connectivity index (χ0) is 12.4. The molecular formula is C13H27NO2. The maximum absolute atomic E-state index is 11.2. The molecule has 1 N–H and O–H groups in total. The van der Waals surface area contributed by atoms with Crippen LogP contribution in [-0.4, -0.2) is 11.5 Å². The van der Waals surface area contributed by atoms with Crippen molar-refractivity contribution in [2.45, 2.75) is 78.2 Å². The van der Waals surface area contributed by atoms with E-state index in [0.717, 1.165) is 19.3 Å². The second-order valence-corrected chi connectivity index (χ2v) is 4.33. The first-order chi connectivity index (χ1) is 7.64. The van der Waals surface area contributed by atoms with Crippen LogP contribution in [0, 0.1) is 0 Å². The summed E-state index contributed by atoms with van der Waals surface area (Å²) in [5.74, 6) is -0.0400. The highest BCUT2D eigenvalue weighted by molar-refractivity contribution is 5.74. The number of rotatable bonds is 9. The molecule has 0 saturated carbocycles. The Morgan fingerprint density at radius 2 is 1.75 bits per heavy atom. The molecule has 1 amide bonds. The van der Waals surface area contributed by atoms with Crippen molar-refractivity contribution in [1.82, 2.24) is 5.48 Å². The summed E-state index contributed by atoms with van der Waals surface area (Å²) in [5.41, 5.74) is 2.40. The minimum atomic E-state index is -0.167. The molecule has 0 heterocycles. The van der Waals surface area contributed by atoms with Crippen LogP contribution in [0.2, 0.25) is 0 Å². The van der Waals surface area contributed by atoms with Crippen LogP contribution in [0.25, 0.3) is 0 Å². The van der Waals surface area contributed by atoms with E-state index in [1.54, 1.807) is 0 Å². The van der Waals surface area contributed by atoms with Gasteiger partial charge >= 0.3 is 0 Å². The first-order valence-electron chi connectivity index (χ1n) is 6.61. The molecule has 3 heteroatoms. The van der Waals surface area contributed by atoms with Crippen molar-refractivity contribution >= 4 is 5.91 Å². The van der Waals surface area contributed by atoms with Gasteiger partial charge in [-0.25, -0.2) is 5.48 Å². The van der Waals surface area contributed by atoms with E-state index in [9.17, 15) is 4.79 Å². The number of carbonyl (C=O) groups excluding carboxylic acids is 1. The van der Waals surface area contributed by atoms with Gasteiger partial charge in [-0.15, -0.1) is 0 Å². The molecule has 0 bridgehead atoms. The summed E-state index contributed by atoms with van der Waals surface area (Å²) in [6, 6.07) is 0. The van der Waals surface area contributed by atoms with Crippen LogP contribution in [0.15, 0.2) is 0 Å². The van der Waals surface area contributed by atoms with Gasteiger partial charge in [0.15, 0.2) is 0 Å². The molecule has 0 aliphatic heterocycles. The Balaban J connectivity index is 4.14. The lowest BCUT2D eigenvalue weighted by Gasteiger charge is -2.31. The molecule has 0 aromatic heterocycles. The van der Waals surface area contributed by atoms with Crippen molar-refractivity contribution in [1.29, 1.82) is 0 Å². The third kappa shape index (κ3) is 5.50. The number of hydroxylamine groups is 1. The predicted molar refractivity (Wildman–Crippen MR) is 67.0 cm³/mol. The molecule has 0 radical (unpaired) electrons. The Morgan fingerprint density at radius 3 is 2.19 bits per heavy atom.